The Morgan fingerprint density at radius 2 is 2.03 bits per heavy atom. The Hall–Kier alpha value is -3.50. The molecule has 0 aliphatic carbocycles. The van der Waals surface area contributed by atoms with Crippen LogP contribution in [0.4, 0.5) is 17.2 Å². The predicted molar refractivity (Wildman–Crippen MR) is 149 cm³/mol. The summed E-state index contributed by atoms with van der Waals surface area (Å²) in [6.07, 6.45) is 7.92. The number of benzene rings is 1. The van der Waals surface area contributed by atoms with Crippen molar-refractivity contribution in [2.24, 2.45) is 0 Å². The van der Waals surface area contributed by atoms with Crippen LogP contribution in [0.3, 0.4) is 0 Å². The molecule has 1 fully saturated rings. The lowest BCUT2D eigenvalue weighted by Gasteiger charge is -2.26. The van der Waals surface area contributed by atoms with Crippen LogP contribution in [-0.4, -0.2) is 58.0 Å². The molecule has 1 aliphatic heterocycles. The van der Waals surface area contributed by atoms with Gasteiger partial charge in [0.2, 0.25) is 5.89 Å². The minimum atomic E-state index is -0.225. The number of nitrogens with zero attached hydrogens (tertiary/aromatic N) is 4. The summed E-state index contributed by atoms with van der Waals surface area (Å²) < 4.78 is 6.82. The van der Waals surface area contributed by atoms with E-state index in [9.17, 15) is 4.79 Å². The lowest BCUT2D eigenvalue weighted by Crippen LogP contribution is -2.33. The molecule has 0 atom stereocenters. The van der Waals surface area contributed by atoms with E-state index in [2.05, 4.69) is 55.7 Å². The molecular weight excluding hydrogens is 486 g/mol. The van der Waals surface area contributed by atoms with Crippen molar-refractivity contribution in [2.75, 3.05) is 36.8 Å². The first-order chi connectivity index (χ1) is 18.0. The Morgan fingerprint density at radius 3 is 2.86 bits per heavy atom. The Bertz CT molecular complexity index is 1340. The fraction of sp³-hybridized carbons (Fsp3) is 0.407. The molecule has 1 saturated heterocycles. The average Bonchev–Trinajstić information content (AvgIpc) is 3.57. The highest BCUT2D eigenvalue weighted by atomic mass is 32.1. The number of amides is 1. The number of piperidine rings is 1. The van der Waals surface area contributed by atoms with Crippen LogP contribution in [0.5, 0.6) is 0 Å². The topological polar surface area (TPSA) is 108 Å². The van der Waals surface area contributed by atoms with E-state index in [4.69, 9.17) is 4.42 Å². The third-order valence-electron chi connectivity index (χ3n) is 6.30. The van der Waals surface area contributed by atoms with E-state index in [1.54, 1.807) is 17.5 Å². The lowest BCUT2D eigenvalue weighted by atomic mass is 10.1. The van der Waals surface area contributed by atoms with Gasteiger partial charge >= 0.3 is 0 Å². The Balaban J connectivity index is 1.25. The fourth-order valence-corrected chi connectivity index (χ4v) is 5.20. The molecule has 0 unspecified atom stereocenters. The Labute approximate surface area is 220 Å². The van der Waals surface area contributed by atoms with Gasteiger partial charge in [0.25, 0.3) is 5.91 Å². The van der Waals surface area contributed by atoms with Crippen LogP contribution in [-0.2, 0) is 0 Å². The first-order valence-corrected chi connectivity index (χ1v) is 13.8. The van der Waals surface area contributed by atoms with Crippen LogP contribution in [0.25, 0.3) is 21.7 Å². The number of pyridine rings is 1. The number of hydrogen-bond donors (Lipinski definition) is 3. The standard InChI is InChI=1S/C27H33N7O2S/c1-18(2)31-22-14-25(32-19-7-8-21-24(13-19)37-17-30-21)29-15-20(22)27-33-23(16-36-27)26(35)28-9-6-12-34-10-4-3-5-11-34/h7-8,13-18H,3-6,9-12H2,1-2H3,(H,28,35)(H2,29,31,32). The second kappa shape index (κ2) is 11.7. The minimum absolute atomic E-state index is 0.181. The zero-order chi connectivity index (χ0) is 25.6. The third-order valence-corrected chi connectivity index (χ3v) is 7.10. The van der Waals surface area contributed by atoms with E-state index in [0.717, 1.165) is 47.6 Å². The number of rotatable bonds is 10. The zero-order valence-corrected chi connectivity index (χ0v) is 22.1. The van der Waals surface area contributed by atoms with Gasteiger partial charge in [-0.1, -0.05) is 6.42 Å². The van der Waals surface area contributed by atoms with Crippen molar-refractivity contribution in [3.05, 3.63) is 47.9 Å². The highest BCUT2D eigenvalue weighted by molar-refractivity contribution is 7.16. The molecule has 1 aromatic carbocycles. The molecule has 4 aromatic rings. The smallest absolute Gasteiger partial charge is 0.273 e. The number of anilines is 3. The Morgan fingerprint density at radius 1 is 1.16 bits per heavy atom. The molecule has 3 N–H and O–H groups in total. The van der Waals surface area contributed by atoms with Gasteiger partial charge in [-0.15, -0.1) is 11.3 Å². The van der Waals surface area contributed by atoms with Gasteiger partial charge in [0, 0.05) is 30.5 Å². The number of carbonyl (C=O) groups is 1. The molecule has 9 nitrogen and oxygen atoms in total. The van der Waals surface area contributed by atoms with Crippen LogP contribution in [0.15, 0.2) is 46.7 Å². The molecule has 0 radical (unpaired) electrons. The van der Waals surface area contributed by atoms with Gasteiger partial charge in [0.15, 0.2) is 5.69 Å². The number of hydrogen-bond acceptors (Lipinski definition) is 9. The molecule has 0 spiro atoms. The van der Waals surface area contributed by atoms with E-state index in [1.165, 1.54) is 25.5 Å². The van der Waals surface area contributed by atoms with Gasteiger partial charge in [-0.2, -0.15) is 0 Å². The fourth-order valence-electron chi connectivity index (χ4n) is 4.49. The van der Waals surface area contributed by atoms with Crippen LogP contribution in [0.2, 0.25) is 0 Å². The summed E-state index contributed by atoms with van der Waals surface area (Å²) >= 11 is 1.60. The number of fused-ring (bicyclic) bond motifs is 1. The van der Waals surface area contributed by atoms with Crippen molar-refractivity contribution < 1.29 is 9.21 Å². The van der Waals surface area contributed by atoms with Crippen molar-refractivity contribution in [2.45, 2.75) is 45.6 Å². The number of aromatic nitrogens is 3. The highest BCUT2D eigenvalue weighted by Crippen LogP contribution is 2.31. The zero-order valence-electron chi connectivity index (χ0n) is 21.3. The SMILES string of the molecule is CC(C)Nc1cc(Nc2ccc3ncsc3c2)ncc1-c1nc(C(=O)NCCCN2CCCCC2)co1. The highest BCUT2D eigenvalue weighted by Gasteiger charge is 2.18. The summed E-state index contributed by atoms with van der Waals surface area (Å²) in [5.41, 5.74) is 5.54. The largest absolute Gasteiger partial charge is 0.443 e. The monoisotopic (exact) mass is 519 g/mol. The van der Waals surface area contributed by atoms with Crippen LogP contribution < -0.4 is 16.0 Å². The number of likely N-dealkylation sites (tertiary alicyclic amines) is 1. The molecule has 4 heterocycles. The van der Waals surface area contributed by atoms with E-state index < -0.39 is 0 Å². The third kappa shape index (κ3) is 6.44. The first-order valence-electron chi connectivity index (χ1n) is 12.9. The number of carbonyl (C=O) groups excluding carboxylic acids is 1. The first kappa shape index (κ1) is 25.2. The second-order valence-electron chi connectivity index (χ2n) is 9.62. The summed E-state index contributed by atoms with van der Waals surface area (Å²) in [7, 11) is 0. The molecule has 3 aromatic heterocycles. The molecule has 1 amide bonds. The van der Waals surface area contributed by atoms with Gasteiger partial charge in [-0.3, -0.25) is 4.79 Å². The van der Waals surface area contributed by atoms with E-state index >= 15 is 0 Å². The van der Waals surface area contributed by atoms with Gasteiger partial charge in [0.1, 0.15) is 12.1 Å². The van der Waals surface area contributed by atoms with Gasteiger partial charge < -0.3 is 25.3 Å². The molecule has 194 valence electrons. The summed E-state index contributed by atoms with van der Waals surface area (Å²) in [6.45, 7) is 8.08. The molecule has 0 saturated carbocycles. The predicted octanol–water partition coefficient (Wildman–Crippen LogP) is 5.52. The van der Waals surface area contributed by atoms with Crippen molar-refractivity contribution in [1.29, 1.82) is 0 Å². The molecule has 0 bridgehead atoms. The van der Waals surface area contributed by atoms with Gasteiger partial charge in [-0.25, -0.2) is 15.0 Å². The van der Waals surface area contributed by atoms with Crippen LogP contribution in [0, 0.1) is 0 Å². The van der Waals surface area contributed by atoms with Crippen molar-refractivity contribution in [1.82, 2.24) is 25.2 Å². The van der Waals surface area contributed by atoms with Gasteiger partial charge in [-0.05, 0) is 70.9 Å². The normalized spacial score (nSPS) is 14.2. The number of nitrogens with one attached hydrogen (secondary N) is 3. The van der Waals surface area contributed by atoms with Crippen molar-refractivity contribution in [3.63, 3.8) is 0 Å². The van der Waals surface area contributed by atoms with E-state index in [1.807, 2.05) is 23.7 Å². The summed E-state index contributed by atoms with van der Waals surface area (Å²) in [6, 6.07) is 8.14. The maximum absolute atomic E-state index is 12.6. The molecule has 1 aliphatic rings. The maximum Gasteiger partial charge on any atom is 0.273 e. The number of thiazole rings is 1. The minimum Gasteiger partial charge on any atom is -0.443 e. The summed E-state index contributed by atoms with van der Waals surface area (Å²) in [4.78, 5) is 28.5. The quantitative estimate of drug-likeness (QED) is 0.235. The molecule has 10 heteroatoms. The van der Waals surface area contributed by atoms with E-state index in [-0.39, 0.29) is 17.6 Å². The molecular formula is C27H33N7O2S. The number of oxazole rings is 1. The summed E-state index contributed by atoms with van der Waals surface area (Å²) in [5.74, 6) is 0.817. The average molecular weight is 520 g/mol. The van der Waals surface area contributed by atoms with Crippen LogP contribution >= 0.6 is 11.3 Å². The lowest BCUT2D eigenvalue weighted by molar-refractivity contribution is 0.0946. The van der Waals surface area contributed by atoms with Crippen molar-refractivity contribution in [3.8, 4) is 11.5 Å². The van der Waals surface area contributed by atoms with Crippen molar-refractivity contribution >= 4 is 44.7 Å². The molecule has 5 rings (SSSR count). The van der Waals surface area contributed by atoms with Crippen LogP contribution in [0.1, 0.15) is 50.0 Å². The summed E-state index contributed by atoms with van der Waals surface area (Å²) in [5, 5.41) is 9.77. The second-order valence-corrected chi connectivity index (χ2v) is 10.5. The molecule has 37 heavy (non-hydrogen) atoms. The maximum atomic E-state index is 12.6. The van der Waals surface area contributed by atoms with Gasteiger partial charge in [0.05, 0.1) is 27.0 Å². The Kier molecular flexibility index (Phi) is 7.96. The van der Waals surface area contributed by atoms with E-state index in [0.29, 0.717) is 23.8 Å².